The van der Waals surface area contributed by atoms with Crippen molar-refractivity contribution in [3.05, 3.63) is 87.3 Å². The van der Waals surface area contributed by atoms with Gasteiger partial charge in [-0.2, -0.15) is 0 Å². The van der Waals surface area contributed by atoms with Crippen LogP contribution in [0.25, 0.3) is 0 Å². The van der Waals surface area contributed by atoms with Crippen LogP contribution in [0.4, 0.5) is 14.6 Å². The lowest BCUT2D eigenvalue weighted by molar-refractivity contribution is 0.574. The van der Waals surface area contributed by atoms with Gasteiger partial charge >= 0.3 is 0 Å². The van der Waals surface area contributed by atoms with E-state index in [0.29, 0.717) is 18.1 Å². The largest absolute Gasteiger partial charge is 0.351 e. The van der Waals surface area contributed by atoms with Gasteiger partial charge in [-0.1, -0.05) is 35.2 Å². The highest BCUT2D eigenvalue weighted by atomic mass is 35.5. The zero-order chi connectivity index (χ0) is 20.4. The molecule has 0 unspecified atom stereocenters. The van der Waals surface area contributed by atoms with E-state index in [1.165, 1.54) is 5.56 Å². The Morgan fingerprint density at radius 2 is 1.83 bits per heavy atom. The van der Waals surface area contributed by atoms with E-state index in [-0.39, 0.29) is 17.1 Å². The van der Waals surface area contributed by atoms with Gasteiger partial charge in [0.05, 0.1) is 16.9 Å². The monoisotopic (exact) mass is 409 g/mol. The molecule has 29 heavy (non-hydrogen) atoms. The first-order chi connectivity index (χ1) is 14.0. The maximum atomic E-state index is 14.2. The van der Waals surface area contributed by atoms with Gasteiger partial charge in [0.15, 0.2) is 5.82 Å². The maximum absolute atomic E-state index is 14.2. The molecule has 3 aromatic rings. The van der Waals surface area contributed by atoms with Crippen LogP contribution >= 0.6 is 11.6 Å². The highest BCUT2D eigenvalue weighted by Crippen LogP contribution is 2.29. The summed E-state index contributed by atoms with van der Waals surface area (Å²) in [6.07, 6.45) is 3.29. The fourth-order valence-corrected chi connectivity index (χ4v) is 3.48. The molecule has 0 bridgehead atoms. The third kappa shape index (κ3) is 4.23. The molecule has 0 saturated carbocycles. The van der Waals surface area contributed by atoms with Crippen LogP contribution in [0.5, 0.6) is 0 Å². The third-order valence-corrected chi connectivity index (χ3v) is 5.25. The van der Waals surface area contributed by atoms with Crippen LogP contribution in [0.1, 0.15) is 34.5 Å². The normalized spacial score (nSPS) is 12.9. The Balaban J connectivity index is 1.64. The quantitative estimate of drug-likeness (QED) is 0.437. The van der Waals surface area contributed by atoms with E-state index >= 15 is 0 Å². The van der Waals surface area contributed by atoms with Crippen LogP contribution in [0.15, 0.2) is 42.6 Å². The molecule has 1 aliphatic rings. The van der Waals surface area contributed by atoms with Crippen LogP contribution in [-0.2, 0) is 13.0 Å². The summed E-state index contributed by atoms with van der Waals surface area (Å²) in [4.78, 5) is 11.0. The average molecular weight is 410 g/mol. The van der Waals surface area contributed by atoms with Gasteiger partial charge < -0.3 is 4.90 Å². The minimum absolute atomic E-state index is 0.123. The van der Waals surface area contributed by atoms with Gasteiger partial charge in [-0.15, -0.1) is 0 Å². The van der Waals surface area contributed by atoms with Crippen LogP contribution in [0.3, 0.4) is 0 Å². The number of fused-ring (bicyclic) bond motifs is 1. The molecule has 0 radical (unpaired) electrons. The van der Waals surface area contributed by atoms with E-state index in [2.05, 4.69) is 21.8 Å². The van der Waals surface area contributed by atoms with Crippen molar-refractivity contribution in [2.24, 2.45) is 0 Å². The number of aromatic nitrogens is 2. The molecule has 0 spiro atoms. The fourth-order valence-electron chi connectivity index (χ4n) is 3.27. The molecular formula is C23H18ClF2N3. The zero-order valence-electron chi connectivity index (χ0n) is 15.8. The number of halogens is 3. The zero-order valence-corrected chi connectivity index (χ0v) is 16.6. The number of hydrogen-bond donors (Lipinski definition) is 0. The summed E-state index contributed by atoms with van der Waals surface area (Å²) in [5.74, 6) is 5.59. The second-order valence-corrected chi connectivity index (χ2v) is 7.37. The second kappa shape index (κ2) is 8.18. The van der Waals surface area contributed by atoms with Crippen LogP contribution in [0, 0.1) is 30.4 Å². The van der Waals surface area contributed by atoms with Crippen molar-refractivity contribution < 1.29 is 8.78 Å². The molecule has 0 fully saturated rings. The van der Waals surface area contributed by atoms with Crippen molar-refractivity contribution in [2.75, 3.05) is 11.4 Å². The third-order valence-electron chi connectivity index (χ3n) is 4.84. The molecule has 1 aliphatic heterocycles. The highest BCUT2D eigenvalue weighted by Gasteiger charge is 2.23. The Morgan fingerprint density at radius 3 is 2.62 bits per heavy atom. The molecule has 2 aromatic carbocycles. The summed E-state index contributed by atoms with van der Waals surface area (Å²) in [6, 6.07) is 10.0. The van der Waals surface area contributed by atoms with E-state index in [0.717, 1.165) is 36.2 Å². The molecule has 0 amide bonds. The number of rotatable bonds is 2. The number of anilines is 1. The number of aryl methyl sites for hydroxylation is 2. The molecule has 0 saturated heterocycles. The van der Waals surface area contributed by atoms with Crippen molar-refractivity contribution in [3.8, 4) is 11.8 Å². The average Bonchev–Trinajstić information content (AvgIpc) is 2.73. The molecule has 6 heteroatoms. The lowest BCUT2D eigenvalue weighted by Crippen LogP contribution is -2.31. The molecule has 4 rings (SSSR count). The van der Waals surface area contributed by atoms with Crippen LogP contribution in [-0.4, -0.2) is 16.5 Å². The maximum Gasteiger partial charge on any atom is 0.152 e. The van der Waals surface area contributed by atoms with Gasteiger partial charge in [0, 0.05) is 24.2 Å². The first-order valence-corrected chi connectivity index (χ1v) is 9.71. The van der Waals surface area contributed by atoms with E-state index in [1.54, 1.807) is 6.20 Å². The van der Waals surface area contributed by atoms with Crippen molar-refractivity contribution >= 4 is 17.4 Å². The Kier molecular flexibility index (Phi) is 5.46. The van der Waals surface area contributed by atoms with Gasteiger partial charge in [0.2, 0.25) is 0 Å². The molecule has 146 valence electrons. The van der Waals surface area contributed by atoms with Crippen LogP contribution < -0.4 is 4.90 Å². The second-order valence-electron chi connectivity index (χ2n) is 6.99. The van der Waals surface area contributed by atoms with Gasteiger partial charge in [-0.25, -0.2) is 13.8 Å². The molecule has 3 nitrogen and oxygen atoms in total. The highest BCUT2D eigenvalue weighted by molar-refractivity contribution is 6.31. The van der Waals surface area contributed by atoms with Gasteiger partial charge in [-0.3, -0.25) is 4.98 Å². The van der Waals surface area contributed by atoms with Crippen LogP contribution in [0.2, 0.25) is 5.02 Å². The Labute approximate surface area is 173 Å². The minimum Gasteiger partial charge on any atom is -0.351 e. The van der Waals surface area contributed by atoms with Gasteiger partial charge in [0.1, 0.15) is 17.3 Å². The molecule has 1 aromatic heterocycles. The fraction of sp³-hybridized carbons (Fsp3) is 0.217. The Bertz CT molecular complexity index is 1120. The topological polar surface area (TPSA) is 29.0 Å². The first-order valence-electron chi connectivity index (χ1n) is 9.33. The van der Waals surface area contributed by atoms with E-state index < -0.39 is 11.6 Å². The predicted molar refractivity (Wildman–Crippen MR) is 110 cm³/mol. The molecule has 2 heterocycles. The minimum atomic E-state index is -0.635. The van der Waals surface area contributed by atoms with Crippen molar-refractivity contribution in [2.45, 2.75) is 26.3 Å². The summed E-state index contributed by atoms with van der Waals surface area (Å²) < 4.78 is 28.0. The number of nitrogens with zero attached hydrogens (tertiary/aromatic N) is 3. The predicted octanol–water partition coefficient (Wildman–Crippen LogP) is 5.07. The number of benzene rings is 2. The van der Waals surface area contributed by atoms with Gasteiger partial charge in [-0.05, 0) is 50.0 Å². The lowest BCUT2D eigenvalue weighted by Gasteiger charge is -2.29. The standard InChI is InChI=1S/C23H18ClF2N3/c1-15-4-6-16(7-5-15)8-9-17-13-27-21-3-2-12-29(23(21)28-17)14-18-19(25)10-11-20(26)22(18)24/h4-7,10-11,13H,2-3,12,14H2,1H3. The Morgan fingerprint density at radius 1 is 1.07 bits per heavy atom. The molecular weight excluding hydrogens is 392 g/mol. The van der Waals surface area contributed by atoms with Crippen molar-refractivity contribution in [1.29, 1.82) is 0 Å². The summed E-state index contributed by atoms with van der Waals surface area (Å²) in [7, 11) is 0. The molecule has 0 aliphatic carbocycles. The molecule has 0 atom stereocenters. The van der Waals surface area contributed by atoms with E-state index in [1.807, 2.05) is 36.1 Å². The SMILES string of the molecule is Cc1ccc(C#Cc2cnc3c(n2)N(Cc2c(F)ccc(F)c2Cl)CCC3)cc1. The van der Waals surface area contributed by atoms with E-state index in [4.69, 9.17) is 11.6 Å². The summed E-state index contributed by atoms with van der Waals surface area (Å²) in [5, 5.41) is -0.194. The summed E-state index contributed by atoms with van der Waals surface area (Å²) >= 11 is 6.00. The lowest BCUT2D eigenvalue weighted by atomic mass is 10.1. The molecule has 0 N–H and O–H groups in total. The van der Waals surface area contributed by atoms with E-state index in [9.17, 15) is 8.78 Å². The smallest absolute Gasteiger partial charge is 0.152 e. The summed E-state index contributed by atoms with van der Waals surface area (Å²) in [5.41, 5.74) is 3.54. The van der Waals surface area contributed by atoms with Gasteiger partial charge in [0.25, 0.3) is 0 Å². The Hall–Kier alpha value is -2.97. The first kappa shape index (κ1) is 19.4. The number of hydrogen-bond acceptors (Lipinski definition) is 3. The van der Waals surface area contributed by atoms with Crippen molar-refractivity contribution in [3.63, 3.8) is 0 Å². The van der Waals surface area contributed by atoms with Crippen molar-refractivity contribution in [1.82, 2.24) is 9.97 Å². The summed E-state index contributed by atoms with van der Waals surface area (Å²) in [6.45, 7) is 2.80.